The molecule has 0 aliphatic carbocycles. The molecule has 0 aliphatic heterocycles. The van der Waals surface area contributed by atoms with Crippen LogP contribution in [0, 0.1) is 0 Å². The van der Waals surface area contributed by atoms with E-state index in [1.54, 1.807) is 0 Å². The molecule has 1 heterocycles. The van der Waals surface area contributed by atoms with Crippen LogP contribution in [0.25, 0.3) is 10.8 Å². The molecule has 0 N–H and O–H groups in total. The molecule has 0 unspecified atom stereocenters. The Morgan fingerprint density at radius 1 is 0.750 bits per heavy atom. The summed E-state index contributed by atoms with van der Waals surface area (Å²) in [6.07, 6.45) is 3.96. The zero-order valence-electron chi connectivity index (χ0n) is 12.2. The first-order chi connectivity index (χ1) is 9.83. The smallest absolute Gasteiger partial charge is 0.0400 e. The van der Waals surface area contributed by atoms with Crippen LogP contribution in [0.3, 0.4) is 0 Å². The van der Waals surface area contributed by atoms with Crippen LogP contribution in [0.4, 0.5) is 0 Å². The fourth-order valence-corrected chi connectivity index (χ4v) is 2.07. The van der Waals surface area contributed by atoms with Gasteiger partial charge in [-0.3, -0.25) is 4.98 Å². The van der Waals surface area contributed by atoms with Gasteiger partial charge >= 0.3 is 0 Å². The maximum Gasteiger partial charge on any atom is 0.0400 e. The monoisotopic (exact) mass is 263 g/mol. The summed E-state index contributed by atoms with van der Waals surface area (Å²) in [5, 5.41) is 2.67. The van der Waals surface area contributed by atoms with Gasteiger partial charge in [-0.15, -0.1) is 0 Å². The third-order valence-electron chi connectivity index (χ3n) is 3.31. The van der Waals surface area contributed by atoms with Crippen LogP contribution in [-0.4, -0.2) is 4.98 Å². The van der Waals surface area contributed by atoms with E-state index in [-0.39, 0.29) is 0 Å². The van der Waals surface area contributed by atoms with Gasteiger partial charge < -0.3 is 0 Å². The molecule has 0 spiro atoms. The maximum atomic E-state index is 4.10. The van der Waals surface area contributed by atoms with Gasteiger partial charge in [0.2, 0.25) is 0 Å². The van der Waals surface area contributed by atoms with Crippen molar-refractivity contribution in [3.63, 3.8) is 0 Å². The minimum Gasteiger partial charge on any atom is -0.261 e. The second kappa shape index (κ2) is 7.44. The van der Waals surface area contributed by atoms with Gasteiger partial charge in [0.1, 0.15) is 0 Å². The Balaban J connectivity index is 0.000000160. The Hall–Kier alpha value is -2.15. The van der Waals surface area contributed by atoms with Crippen molar-refractivity contribution in [3.8, 4) is 0 Å². The summed E-state index contributed by atoms with van der Waals surface area (Å²) in [4.78, 5) is 4.10. The number of aromatic nitrogens is 1. The van der Waals surface area contributed by atoms with Gasteiger partial charge in [-0.2, -0.15) is 0 Å². The third kappa shape index (κ3) is 3.92. The summed E-state index contributed by atoms with van der Waals surface area (Å²) in [5.41, 5.74) is 2.57. The van der Waals surface area contributed by atoms with E-state index in [4.69, 9.17) is 0 Å². The van der Waals surface area contributed by atoms with Crippen molar-refractivity contribution in [2.45, 2.75) is 26.7 Å². The summed E-state index contributed by atoms with van der Waals surface area (Å²) in [5.74, 6) is 0. The highest BCUT2D eigenvalue weighted by Gasteiger charge is 1.92. The Labute approximate surface area is 121 Å². The highest BCUT2D eigenvalue weighted by atomic mass is 14.6. The molecule has 0 bridgehead atoms. The summed E-state index contributed by atoms with van der Waals surface area (Å²) >= 11 is 0. The van der Waals surface area contributed by atoms with Gasteiger partial charge in [0.15, 0.2) is 0 Å². The van der Waals surface area contributed by atoms with E-state index in [0.29, 0.717) is 0 Å². The second-order valence-electron chi connectivity index (χ2n) is 4.71. The molecular weight excluding hydrogens is 242 g/mol. The number of hydrogen-bond donors (Lipinski definition) is 0. The number of nitrogens with zero attached hydrogens (tertiary/aromatic N) is 1. The number of rotatable bonds is 2. The lowest BCUT2D eigenvalue weighted by Crippen LogP contribution is -1.81. The molecule has 0 amide bonds. The van der Waals surface area contributed by atoms with Gasteiger partial charge in [-0.05, 0) is 41.3 Å². The van der Waals surface area contributed by atoms with Gasteiger partial charge in [0.05, 0.1) is 0 Å². The molecule has 0 fully saturated rings. The Kier molecular flexibility index (Phi) is 5.31. The average Bonchev–Trinajstić information content (AvgIpc) is 2.55. The number of pyridine rings is 1. The third-order valence-corrected chi connectivity index (χ3v) is 3.31. The molecule has 20 heavy (non-hydrogen) atoms. The van der Waals surface area contributed by atoms with Crippen LogP contribution in [0.5, 0.6) is 0 Å². The predicted octanol–water partition coefficient (Wildman–Crippen LogP) is 5.05. The van der Waals surface area contributed by atoms with E-state index in [1.807, 2.05) is 24.4 Å². The lowest BCUT2D eigenvalue weighted by atomic mass is 10.1. The average molecular weight is 263 g/mol. The molecule has 0 atom stereocenters. The fraction of sp³-hybridized carbons (Fsp3) is 0.211. The molecule has 3 rings (SSSR count). The SMILES string of the molecule is CCc1ccc2ccccc2c1.CCc1ccccn1. The quantitative estimate of drug-likeness (QED) is 0.630. The highest BCUT2D eigenvalue weighted by molar-refractivity contribution is 5.82. The fourth-order valence-electron chi connectivity index (χ4n) is 2.07. The van der Waals surface area contributed by atoms with Crippen LogP contribution in [0.15, 0.2) is 66.9 Å². The van der Waals surface area contributed by atoms with Gasteiger partial charge in [-0.1, -0.05) is 62.4 Å². The summed E-state index contributed by atoms with van der Waals surface area (Å²) < 4.78 is 0. The van der Waals surface area contributed by atoms with Crippen molar-refractivity contribution in [1.29, 1.82) is 0 Å². The largest absolute Gasteiger partial charge is 0.261 e. The zero-order valence-corrected chi connectivity index (χ0v) is 12.2. The van der Waals surface area contributed by atoms with E-state index >= 15 is 0 Å². The van der Waals surface area contributed by atoms with Crippen LogP contribution >= 0.6 is 0 Å². The molecule has 1 heteroatoms. The second-order valence-corrected chi connectivity index (χ2v) is 4.71. The number of benzene rings is 2. The van der Waals surface area contributed by atoms with Crippen molar-refractivity contribution in [2.24, 2.45) is 0 Å². The molecule has 0 radical (unpaired) electrons. The van der Waals surface area contributed by atoms with Crippen LogP contribution in [0.1, 0.15) is 25.1 Å². The van der Waals surface area contributed by atoms with Crippen LogP contribution in [0.2, 0.25) is 0 Å². The van der Waals surface area contributed by atoms with Crippen molar-refractivity contribution in [3.05, 3.63) is 78.1 Å². The Bertz CT molecular complexity index is 644. The minimum absolute atomic E-state index is 1.03. The minimum atomic E-state index is 1.03. The Morgan fingerprint density at radius 3 is 2.10 bits per heavy atom. The molecule has 0 aliphatic rings. The van der Waals surface area contributed by atoms with Gasteiger partial charge in [0, 0.05) is 11.9 Å². The normalized spacial score (nSPS) is 9.90. The molecule has 0 saturated carbocycles. The van der Waals surface area contributed by atoms with Crippen molar-refractivity contribution in [2.75, 3.05) is 0 Å². The lowest BCUT2D eigenvalue weighted by Gasteiger charge is -1.99. The summed E-state index contributed by atoms with van der Waals surface area (Å²) in [7, 11) is 0. The predicted molar refractivity (Wildman–Crippen MR) is 86.9 cm³/mol. The molecule has 1 aromatic heterocycles. The van der Waals surface area contributed by atoms with Crippen molar-refractivity contribution >= 4 is 10.8 Å². The maximum absolute atomic E-state index is 4.10. The lowest BCUT2D eigenvalue weighted by molar-refractivity contribution is 1.04. The van der Waals surface area contributed by atoms with E-state index in [2.05, 4.69) is 61.3 Å². The molecule has 102 valence electrons. The first-order valence-corrected chi connectivity index (χ1v) is 7.21. The van der Waals surface area contributed by atoms with E-state index < -0.39 is 0 Å². The summed E-state index contributed by atoms with van der Waals surface area (Å²) in [6.45, 7) is 4.28. The molecule has 3 aromatic rings. The molecule has 2 aromatic carbocycles. The van der Waals surface area contributed by atoms with Crippen molar-refractivity contribution in [1.82, 2.24) is 4.98 Å². The topological polar surface area (TPSA) is 12.9 Å². The molecule has 1 nitrogen and oxygen atoms in total. The van der Waals surface area contributed by atoms with E-state index in [9.17, 15) is 0 Å². The standard InChI is InChI=1S/C12H12.C7H9N/c1-2-10-7-8-11-5-3-4-6-12(11)9-10;1-2-7-5-3-4-6-8-7/h3-9H,2H2,1H3;3-6H,2H2,1H3. The summed E-state index contributed by atoms with van der Waals surface area (Å²) in [6, 6.07) is 21.1. The number of aryl methyl sites for hydroxylation is 2. The van der Waals surface area contributed by atoms with E-state index in [1.165, 1.54) is 16.3 Å². The van der Waals surface area contributed by atoms with E-state index in [0.717, 1.165) is 18.5 Å². The zero-order chi connectivity index (χ0) is 14.2. The van der Waals surface area contributed by atoms with Crippen molar-refractivity contribution < 1.29 is 0 Å². The number of hydrogen-bond acceptors (Lipinski definition) is 1. The number of fused-ring (bicyclic) bond motifs is 1. The van der Waals surface area contributed by atoms with Crippen LogP contribution < -0.4 is 0 Å². The molecule has 0 saturated heterocycles. The first kappa shape index (κ1) is 14.3. The molecular formula is C19H21N. The Morgan fingerprint density at radius 2 is 1.50 bits per heavy atom. The van der Waals surface area contributed by atoms with Gasteiger partial charge in [0.25, 0.3) is 0 Å². The van der Waals surface area contributed by atoms with Crippen LogP contribution in [-0.2, 0) is 12.8 Å². The first-order valence-electron chi connectivity index (χ1n) is 7.21. The highest BCUT2D eigenvalue weighted by Crippen LogP contribution is 2.15. The van der Waals surface area contributed by atoms with Gasteiger partial charge in [-0.25, -0.2) is 0 Å².